The summed E-state index contributed by atoms with van der Waals surface area (Å²) in [7, 11) is 1.61. The Balaban J connectivity index is 1.67. The summed E-state index contributed by atoms with van der Waals surface area (Å²) in [4.78, 5) is 0. The van der Waals surface area contributed by atoms with Gasteiger partial charge in [-0.25, -0.2) is 0 Å². The molecule has 0 saturated carbocycles. The monoisotopic (exact) mass is 367 g/mol. The Kier molecular flexibility index (Phi) is 6.03. The molecule has 0 bridgehead atoms. The van der Waals surface area contributed by atoms with Crippen molar-refractivity contribution in [2.45, 2.75) is 20.1 Å². The van der Waals surface area contributed by atoms with Crippen LogP contribution in [0.5, 0.6) is 11.5 Å². The first-order valence-electron chi connectivity index (χ1n) is 8.50. The topological polar surface area (TPSA) is 30.5 Å². The van der Waals surface area contributed by atoms with Crippen LogP contribution in [0.1, 0.15) is 16.7 Å². The summed E-state index contributed by atoms with van der Waals surface area (Å²) in [5, 5.41) is 3.97. The Hall–Kier alpha value is -2.65. The number of rotatable bonds is 7. The highest BCUT2D eigenvalue weighted by Gasteiger charge is 2.06. The maximum absolute atomic E-state index is 6.19. The summed E-state index contributed by atoms with van der Waals surface area (Å²) in [5.74, 6) is 1.54. The van der Waals surface area contributed by atoms with Crippen LogP contribution >= 0.6 is 11.6 Å². The van der Waals surface area contributed by atoms with Crippen molar-refractivity contribution >= 4 is 17.3 Å². The minimum absolute atomic E-state index is 0.554. The zero-order valence-electron chi connectivity index (χ0n) is 15.0. The van der Waals surface area contributed by atoms with E-state index in [0.29, 0.717) is 23.9 Å². The van der Waals surface area contributed by atoms with E-state index in [9.17, 15) is 0 Å². The molecule has 3 nitrogen and oxygen atoms in total. The number of anilines is 1. The molecule has 0 aliphatic rings. The highest BCUT2D eigenvalue weighted by molar-refractivity contribution is 6.32. The van der Waals surface area contributed by atoms with Gasteiger partial charge in [-0.3, -0.25) is 0 Å². The molecule has 134 valence electrons. The molecule has 0 aliphatic heterocycles. The van der Waals surface area contributed by atoms with E-state index < -0.39 is 0 Å². The van der Waals surface area contributed by atoms with Crippen LogP contribution in [0.2, 0.25) is 5.02 Å². The third kappa shape index (κ3) is 4.50. The zero-order chi connectivity index (χ0) is 18.4. The van der Waals surface area contributed by atoms with E-state index in [4.69, 9.17) is 21.1 Å². The molecule has 0 unspecified atom stereocenters. The first-order valence-corrected chi connectivity index (χ1v) is 8.88. The third-order valence-electron chi connectivity index (χ3n) is 4.25. The lowest BCUT2D eigenvalue weighted by Crippen LogP contribution is -2.04. The molecule has 4 heteroatoms. The van der Waals surface area contributed by atoms with Crippen molar-refractivity contribution in [3.63, 3.8) is 0 Å². The fraction of sp³-hybridized carbons (Fsp3) is 0.182. The minimum atomic E-state index is 0.554. The van der Waals surface area contributed by atoms with Gasteiger partial charge in [-0.2, -0.15) is 0 Å². The molecule has 0 aliphatic carbocycles. The highest BCUT2D eigenvalue weighted by atomic mass is 35.5. The van der Waals surface area contributed by atoms with Gasteiger partial charge in [-0.15, -0.1) is 0 Å². The van der Waals surface area contributed by atoms with E-state index in [2.05, 4.69) is 30.4 Å². The first-order chi connectivity index (χ1) is 12.7. The van der Waals surface area contributed by atoms with Crippen molar-refractivity contribution in [1.82, 2.24) is 0 Å². The van der Waals surface area contributed by atoms with Gasteiger partial charge in [0.2, 0.25) is 0 Å². The Labute approximate surface area is 159 Å². The van der Waals surface area contributed by atoms with E-state index in [0.717, 1.165) is 17.0 Å². The molecule has 0 aromatic heterocycles. The second-order valence-electron chi connectivity index (χ2n) is 6.03. The summed E-state index contributed by atoms with van der Waals surface area (Å²) in [6.45, 7) is 3.30. The lowest BCUT2D eigenvalue weighted by atomic mass is 10.1. The summed E-state index contributed by atoms with van der Waals surface area (Å²) in [6, 6.07) is 22.0. The number of methoxy groups -OCH3 is 1. The van der Waals surface area contributed by atoms with E-state index in [1.165, 1.54) is 11.1 Å². The zero-order valence-corrected chi connectivity index (χ0v) is 15.7. The van der Waals surface area contributed by atoms with Crippen LogP contribution in [0.3, 0.4) is 0 Å². The predicted octanol–water partition coefficient (Wildman–Crippen LogP) is 5.85. The Bertz CT molecular complexity index is 880. The van der Waals surface area contributed by atoms with Crippen molar-refractivity contribution < 1.29 is 9.47 Å². The smallest absolute Gasteiger partial charge is 0.137 e. The van der Waals surface area contributed by atoms with Gasteiger partial charge in [-0.05, 0) is 42.3 Å². The van der Waals surface area contributed by atoms with Crippen LogP contribution in [-0.2, 0) is 13.2 Å². The second kappa shape index (κ2) is 8.63. The summed E-state index contributed by atoms with van der Waals surface area (Å²) < 4.78 is 11.3. The number of nitrogens with one attached hydrogen (secondary N) is 1. The molecule has 0 radical (unpaired) electrons. The molecule has 0 amide bonds. The molecule has 3 aromatic carbocycles. The lowest BCUT2D eigenvalue weighted by Gasteiger charge is -2.14. The highest BCUT2D eigenvalue weighted by Crippen LogP contribution is 2.28. The number of halogens is 1. The predicted molar refractivity (Wildman–Crippen MR) is 107 cm³/mol. The third-order valence-corrected chi connectivity index (χ3v) is 4.55. The summed E-state index contributed by atoms with van der Waals surface area (Å²) in [6.07, 6.45) is 0. The molecule has 3 aromatic rings. The van der Waals surface area contributed by atoms with Crippen molar-refractivity contribution in [2.24, 2.45) is 0 Å². The van der Waals surface area contributed by atoms with Crippen molar-refractivity contribution in [3.05, 3.63) is 88.4 Å². The number of hydrogen-bond donors (Lipinski definition) is 1. The largest absolute Gasteiger partial charge is 0.495 e. The second-order valence-corrected chi connectivity index (χ2v) is 6.43. The van der Waals surface area contributed by atoms with E-state index in [1.54, 1.807) is 7.11 Å². The van der Waals surface area contributed by atoms with E-state index >= 15 is 0 Å². The van der Waals surface area contributed by atoms with Crippen LogP contribution in [-0.4, -0.2) is 7.11 Å². The van der Waals surface area contributed by atoms with Gasteiger partial charge in [0, 0.05) is 17.8 Å². The summed E-state index contributed by atoms with van der Waals surface area (Å²) >= 11 is 6.19. The molecular formula is C22H22ClNO2. The van der Waals surface area contributed by atoms with Crippen LogP contribution in [0.25, 0.3) is 0 Å². The Morgan fingerprint density at radius 1 is 0.885 bits per heavy atom. The van der Waals surface area contributed by atoms with Crippen LogP contribution in [0.15, 0.2) is 66.7 Å². The molecule has 0 spiro atoms. The van der Waals surface area contributed by atoms with Gasteiger partial charge in [0.1, 0.15) is 18.1 Å². The molecule has 26 heavy (non-hydrogen) atoms. The van der Waals surface area contributed by atoms with Crippen LogP contribution in [0, 0.1) is 6.92 Å². The molecule has 1 N–H and O–H groups in total. The molecule has 0 heterocycles. The quantitative estimate of drug-likeness (QED) is 0.568. The molecular weight excluding hydrogens is 346 g/mol. The number of hydrogen-bond acceptors (Lipinski definition) is 3. The van der Waals surface area contributed by atoms with Crippen molar-refractivity contribution in [2.75, 3.05) is 12.4 Å². The Morgan fingerprint density at radius 3 is 2.35 bits per heavy atom. The fourth-order valence-corrected chi connectivity index (χ4v) is 2.95. The SMILES string of the molecule is COc1ccc(NCc2ccccc2OCc2ccccc2C)cc1Cl. The van der Waals surface area contributed by atoms with Gasteiger partial charge in [-0.1, -0.05) is 54.1 Å². The maximum atomic E-state index is 6.19. The number of aryl methyl sites for hydroxylation is 1. The normalized spacial score (nSPS) is 10.4. The van der Waals surface area contributed by atoms with Gasteiger partial charge < -0.3 is 14.8 Å². The lowest BCUT2D eigenvalue weighted by molar-refractivity contribution is 0.302. The van der Waals surface area contributed by atoms with E-state index in [-0.39, 0.29) is 0 Å². The standard InChI is InChI=1S/C22H22ClNO2/c1-16-7-3-4-9-18(16)15-26-21-10-6-5-8-17(21)14-24-19-11-12-22(25-2)20(23)13-19/h3-13,24H,14-15H2,1-2H3. The number of ether oxygens (including phenoxy) is 2. The molecule has 0 atom stereocenters. The van der Waals surface area contributed by atoms with Crippen molar-refractivity contribution in [1.29, 1.82) is 0 Å². The number of benzene rings is 3. The van der Waals surface area contributed by atoms with Gasteiger partial charge in [0.25, 0.3) is 0 Å². The molecule has 0 saturated heterocycles. The van der Waals surface area contributed by atoms with Crippen LogP contribution in [0.4, 0.5) is 5.69 Å². The van der Waals surface area contributed by atoms with Gasteiger partial charge in [0.15, 0.2) is 0 Å². The minimum Gasteiger partial charge on any atom is -0.495 e. The fourth-order valence-electron chi connectivity index (χ4n) is 2.69. The van der Waals surface area contributed by atoms with Crippen molar-refractivity contribution in [3.8, 4) is 11.5 Å². The average molecular weight is 368 g/mol. The van der Waals surface area contributed by atoms with Crippen LogP contribution < -0.4 is 14.8 Å². The van der Waals surface area contributed by atoms with E-state index in [1.807, 2.05) is 48.5 Å². The number of para-hydroxylation sites is 1. The van der Waals surface area contributed by atoms with Gasteiger partial charge in [0.05, 0.1) is 12.1 Å². The van der Waals surface area contributed by atoms with Gasteiger partial charge >= 0.3 is 0 Å². The Morgan fingerprint density at radius 2 is 1.62 bits per heavy atom. The molecule has 0 fully saturated rings. The molecule has 3 rings (SSSR count). The average Bonchev–Trinajstić information content (AvgIpc) is 2.66. The first kappa shape index (κ1) is 18.2. The summed E-state index contributed by atoms with van der Waals surface area (Å²) in [5.41, 5.74) is 4.45. The maximum Gasteiger partial charge on any atom is 0.137 e.